The lowest BCUT2D eigenvalue weighted by molar-refractivity contribution is -0.0731. The summed E-state index contributed by atoms with van der Waals surface area (Å²) >= 11 is 0. The maximum atomic E-state index is 14.4. The van der Waals surface area contributed by atoms with Crippen LogP contribution in [0, 0.1) is 0 Å². The van der Waals surface area contributed by atoms with Gasteiger partial charge in [0, 0.05) is 38.0 Å². The number of anilines is 1. The Kier molecular flexibility index (Phi) is 5.57. The number of hydrogen-bond acceptors (Lipinski definition) is 9. The van der Waals surface area contributed by atoms with Crippen LogP contribution in [-0.4, -0.2) is 72.9 Å². The van der Waals surface area contributed by atoms with Gasteiger partial charge in [-0.25, -0.2) is 9.07 Å². The fourth-order valence-electron chi connectivity index (χ4n) is 7.76. The minimum atomic E-state index is -0.810. The number of halogens is 1. The van der Waals surface area contributed by atoms with Gasteiger partial charge in [0.1, 0.15) is 24.3 Å². The Bertz CT molecular complexity index is 1470. The van der Waals surface area contributed by atoms with Crippen molar-refractivity contribution in [1.29, 1.82) is 0 Å². The number of phenols is 1. The number of fused-ring (bicyclic) bond motifs is 5. The molecule has 210 valence electrons. The summed E-state index contributed by atoms with van der Waals surface area (Å²) in [5.74, 6) is 1.08. The molecule has 2 aromatic heterocycles. The smallest absolute Gasteiger partial charge is 0.318 e. The molecule has 8 rings (SSSR count). The van der Waals surface area contributed by atoms with Crippen LogP contribution >= 0.6 is 0 Å². The summed E-state index contributed by atoms with van der Waals surface area (Å²) in [4.78, 5) is 14.5. The average Bonchev–Trinajstić information content (AvgIpc) is 3.67. The van der Waals surface area contributed by atoms with Gasteiger partial charge in [0.05, 0.1) is 41.9 Å². The second-order valence-electron chi connectivity index (χ2n) is 12.1. The summed E-state index contributed by atoms with van der Waals surface area (Å²) in [6.45, 7) is 4.44. The summed E-state index contributed by atoms with van der Waals surface area (Å²) in [6.07, 6.45) is 6.75. The van der Waals surface area contributed by atoms with Crippen molar-refractivity contribution < 1.29 is 19.0 Å². The zero-order valence-corrected chi connectivity index (χ0v) is 22.6. The summed E-state index contributed by atoms with van der Waals surface area (Å²) < 4.78 is 29.4. The molecular weight excluding hydrogens is 513 g/mol. The highest BCUT2D eigenvalue weighted by Crippen LogP contribution is 2.48. The Morgan fingerprint density at radius 1 is 1.15 bits per heavy atom. The highest BCUT2D eigenvalue weighted by atomic mass is 19.1. The molecule has 0 amide bonds. The summed E-state index contributed by atoms with van der Waals surface area (Å²) in [5, 5.41) is 18.6. The van der Waals surface area contributed by atoms with E-state index in [2.05, 4.69) is 20.1 Å². The van der Waals surface area contributed by atoms with Gasteiger partial charge in [-0.15, -0.1) is 5.10 Å². The third kappa shape index (κ3) is 3.88. The number of rotatable bonds is 4. The van der Waals surface area contributed by atoms with E-state index in [0.717, 1.165) is 80.1 Å². The number of aryl methyl sites for hydroxylation is 2. The van der Waals surface area contributed by atoms with Crippen molar-refractivity contribution in [2.75, 3.05) is 31.1 Å². The molecule has 0 saturated carbocycles. The second-order valence-corrected chi connectivity index (χ2v) is 12.1. The molecule has 3 unspecified atom stereocenters. The van der Waals surface area contributed by atoms with Gasteiger partial charge in [-0.3, -0.25) is 4.90 Å². The number of alkyl halides is 1. The van der Waals surface area contributed by atoms with Crippen molar-refractivity contribution in [1.82, 2.24) is 29.9 Å². The van der Waals surface area contributed by atoms with Gasteiger partial charge in [-0.2, -0.15) is 9.97 Å². The van der Waals surface area contributed by atoms with Crippen LogP contribution in [0.3, 0.4) is 0 Å². The largest absolute Gasteiger partial charge is 0.508 e. The predicted molar refractivity (Wildman–Crippen MR) is 143 cm³/mol. The number of aromatic nitrogens is 5. The molecule has 5 aliphatic rings. The Labute approximate surface area is 232 Å². The molecule has 40 heavy (non-hydrogen) atoms. The molecule has 2 saturated heterocycles. The highest BCUT2D eigenvalue weighted by molar-refractivity contribution is 5.53. The van der Waals surface area contributed by atoms with Crippen molar-refractivity contribution in [2.45, 2.75) is 82.0 Å². The van der Waals surface area contributed by atoms with E-state index in [1.807, 2.05) is 23.0 Å². The molecule has 0 bridgehead atoms. The number of hydrogen-bond donors (Lipinski definition) is 1. The Balaban J connectivity index is 1.16. The summed E-state index contributed by atoms with van der Waals surface area (Å²) in [6, 6.07) is 5.94. The SMILES string of the molecule is Oc1ccc2c(c1)C1(CC2)Cc2nc(OCC34CCCN3CC(F)C4)nc(N3CCCn4nncc4C3)c2CO1. The number of benzene rings is 1. The molecule has 4 aliphatic heterocycles. The first-order valence-corrected chi connectivity index (χ1v) is 14.5. The van der Waals surface area contributed by atoms with Crippen molar-refractivity contribution in [3.63, 3.8) is 0 Å². The van der Waals surface area contributed by atoms with E-state index in [1.165, 1.54) is 5.56 Å². The molecular formula is C29H34FN7O3. The van der Waals surface area contributed by atoms with E-state index < -0.39 is 11.8 Å². The molecule has 2 fully saturated rings. The number of aromatic hydroxyl groups is 1. The molecule has 1 aliphatic carbocycles. The van der Waals surface area contributed by atoms with E-state index in [9.17, 15) is 9.50 Å². The number of nitrogens with zero attached hydrogens (tertiary/aromatic N) is 7. The van der Waals surface area contributed by atoms with Gasteiger partial charge in [0.15, 0.2) is 0 Å². The van der Waals surface area contributed by atoms with Crippen molar-refractivity contribution >= 4 is 5.82 Å². The first-order chi connectivity index (χ1) is 19.5. The van der Waals surface area contributed by atoms with Crippen molar-refractivity contribution in [3.8, 4) is 11.8 Å². The normalized spacial score (nSPS) is 29.2. The zero-order chi connectivity index (χ0) is 26.9. The fourth-order valence-corrected chi connectivity index (χ4v) is 7.76. The molecule has 1 spiro atoms. The molecule has 0 radical (unpaired) electrons. The van der Waals surface area contributed by atoms with E-state index in [4.69, 9.17) is 19.4 Å². The van der Waals surface area contributed by atoms with Gasteiger partial charge in [0.25, 0.3) is 0 Å². The summed E-state index contributed by atoms with van der Waals surface area (Å²) in [7, 11) is 0. The molecule has 3 atom stereocenters. The van der Waals surface area contributed by atoms with Crippen molar-refractivity contribution in [2.24, 2.45) is 0 Å². The first kappa shape index (κ1) is 24.5. The molecule has 1 N–H and O–H groups in total. The van der Waals surface area contributed by atoms with Crippen LogP contribution < -0.4 is 9.64 Å². The minimum Gasteiger partial charge on any atom is -0.508 e. The first-order valence-electron chi connectivity index (χ1n) is 14.5. The number of ether oxygens (including phenoxy) is 2. The molecule has 6 heterocycles. The lowest BCUT2D eigenvalue weighted by atomic mass is 9.86. The molecule has 10 nitrogen and oxygen atoms in total. The second kappa shape index (κ2) is 9.10. The third-order valence-electron chi connectivity index (χ3n) is 9.76. The Morgan fingerprint density at radius 2 is 2.10 bits per heavy atom. The molecule has 3 aromatic rings. The highest BCUT2D eigenvalue weighted by Gasteiger charge is 2.50. The minimum absolute atomic E-state index is 0.250. The van der Waals surface area contributed by atoms with Gasteiger partial charge in [-0.05, 0) is 61.9 Å². The van der Waals surface area contributed by atoms with Gasteiger partial charge >= 0.3 is 6.01 Å². The van der Waals surface area contributed by atoms with Gasteiger partial charge in [-0.1, -0.05) is 11.3 Å². The van der Waals surface area contributed by atoms with Crippen LogP contribution in [0.1, 0.15) is 60.2 Å². The van der Waals surface area contributed by atoms with E-state index >= 15 is 0 Å². The number of phenolic OH excluding ortho intramolecular Hbond substituents is 1. The van der Waals surface area contributed by atoms with Crippen molar-refractivity contribution in [3.05, 3.63) is 52.5 Å². The average molecular weight is 548 g/mol. The molecule has 11 heteroatoms. The predicted octanol–water partition coefficient (Wildman–Crippen LogP) is 3.05. The van der Waals surface area contributed by atoms with E-state index in [1.54, 1.807) is 6.07 Å². The Morgan fingerprint density at radius 3 is 3.05 bits per heavy atom. The van der Waals surface area contributed by atoms with Crippen LogP contribution in [0.5, 0.6) is 11.8 Å². The van der Waals surface area contributed by atoms with Crippen LogP contribution in [0.2, 0.25) is 0 Å². The van der Waals surface area contributed by atoms with Crippen LogP contribution in [0.15, 0.2) is 24.4 Å². The van der Waals surface area contributed by atoms with E-state index in [0.29, 0.717) is 45.2 Å². The maximum absolute atomic E-state index is 14.4. The van der Waals surface area contributed by atoms with E-state index in [-0.39, 0.29) is 11.3 Å². The standard InChI is InChI=1S/C29H34FN7O3/c30-20-12-28(6-1-9-36(28)15-20)18-39-27-32-25-13-29(7-5-19-3-4-22(38)11-24(19)29)40-17-23(25)26(33-27)35-8-2-10-37-21(16-35)14-31-34-37/h3-4,11,14,20,38H,1-2,5-10,12-13,15-18H2. The van der Waals surface area contributed by atoms with Gasteiger partial charge < -0.3 is 19.5 Å². The van der Waals surface area contributed by atoms with Crippen LogP contribution in [-0.2, 0) is 42.9 Å². The third-order valence-corrected chi connectivity index (χ3v) is 9.76. The monoisotopic (exact) mass is 547 g/mol. The topological polar surface area (TPSA) is 102 Å². The maximum Gasteiger partial charge on any atom is 0.318 e. The fraction of sp³-hybridized carbons (Fsp3) is 0.586. The lowest BCUT2D eigenvalue weighted by Gasteiger charge is -2.37. The quantitative estimate of drug-likeness (QED) is 0.528. The summed E-state index contributed by atoms with van der Waals surface area (Å²) in [5.41, 5.74) is 4.41. The lowest BCUT2D eigenvalue weighted by Crippen LogP contribution is -2.43. The van der Waals surface area contributed by atoms with Crippen LogP contribution in [0.4, 0.5) is 10.2 Å². The zero-order valence-electron chi connectivity index (χ0n) is 22.6. The molecule has 1 aromatic carbocycles. The Hall–Kier alpha value is -3.31. The van der Waals surface area contributed by atoms with Gasteiger partial charge in [0.2, 0.25) is 0 Å². The van der Waals surface area contributed by atoms with Crippen LogP contribution in [0.25, 0.3) is 0 Å².